The molecule has 5 rings (SSSR count). The molecule has 0 aromatic heterocycles. The van der Waals surface area contributed by atoms with Crippen LogP contribution in [0.1, 0.15) is 5.56 Å². The van der Waals surface area contributed by atoms with Crippen LogP contribution in [-0.4, -0.2) is 27.2 Å². The average Bonchev–Trinajstić information content (AvgIpc) is 3.01. The molecule has 5 aromatic carbocycles. The van der Waals surface area contributed by atoms with Gasteiger partial charge < -0.3 is 9.47 Å². The summed E-state index contributed by atoms with van der Waals surface area (Å²) >= 11 is 0. The van der Waals surface area contributed by atoms with Gasteiger partial charge in [0.25, 0.3) is 10.1 Å². The van der Waals surface area contributed by atoms with E-state index in [1.54, 1.807) is 0 Å². The molecular formula is C33H33O5PS. The molecule has 40 heavy (non-hydrogen) atoms. The van der Waals surface area contributed by atoms with Gasteiger partial charge in [0.1, 0.15) is 16.4 Å². The van der Waals surface area contributed by atoms with E-state index in [9.17, 15) is 8.42 Å². The van der Waals surface area contributed by atoms with Crippen LogP contribution in [0.5, 0.6) is 11.5 Å². The Labute approximate surface area is 237 Å². The van der Waals surface area contributed by atoms with Crippen molar-refractivity contribution < 1.29 is 22.4 Å². The van der Waals surface area contributed by atoms with Crippen molar-refractivity contribution in [3.05, 3.63) is 145 Å². The van der Waals surface area contributed by atoms with E-state index in [1.165, 1.54) is 53.9 Å². The van der Waals surface area contributed by atoms with Gasteiger partial charge in [0.2, 0.25) is 0 Å². The number of hydrogen-bond donors (Lipinski definition) is 1. The summed E-state index contributed by atoms with van der Waals surface area (Å²) in [6, 6.07) is 48.1. The summed E-state index contributed by atoms with van der Waals surface area (Å²) in [6.07, 6.45) is 1.06. The van der Waals surface area contributed by atoms with Gasteiger partial charge in [-0.1, -0.05) is 0 Å². The molecule has 0 saturated carbocycles. The second-order valence-electron chi connectivity index (χ2n) is 9.19. The fourth-order valence-corrected chi connectivity index (χ4v) is 10.1. The van der Waals surface area contributed by atoms with Crippen LogP contribution in [0.4, 0.5) is 0 Å². The van der Waals surface area contributed by atoms with Gasteiger partial charge in [-0.25, -0.2) is 0 Å². The van der Waals surface area contributed by atoms with Crippen LogP contribution in [0.3, 0.4) is 0 Å². The van der Waals surface area contributed by atoms with E-state index in [1.807, 2.05) is 0 Å². The Hall–Kier alpha value is -3.96. The predicted octanol–water partition coefficient (Wildman–Crippen LogP) is 5.86. The Morgan fingerprint density at radius 3 is 1.25 bits per heavy atom. The molecule has 0 aliphatic carbocycles. The molecule has 0 fully saturated rings. The summed E-state index contributed by atoms with van der Waals surface area (Å²) in [5, 5.41) is 4.38. The van der Waals surface area contributed by atoms with Crippen molar-refractivity contribution in [1.82, 2.24) is 0 Å². The quantitative estimate of drug-likeness (QED) is 0.186. The first-order valence-electron chi connectivity index (χ1n) is 12.8. The molecule has 0 radical (unpaired) electrons. The zero-order chi connectivity index (χ0) is 28.4. The third kappa shape index (κ3) is 6.97. The Bertz CT molecular complexity index is 1480. The van der Waals surface area contributed by atoms with E-state index in [0.29, 0.717) is 11.5 Å². The van der Waals surface area contributed by atoms with Crippen LogP contribution in [0, 0.1) is 0 Å². The van der Waals surface area contributed by atoms with Crippen LogP contribution in [0.2, 0.25) is 0 Å². The van der Waals surface area contributed by atoms with E-state index in [-0.39, 0.29) is 4.90 Å². The van der Waals surface area contributed by atoms with Crippen molar-refractivity contribution in [3.63, 3.8) is 0 Å². The minimum absolute atomic E-state index is 0.256. The van der Waals surface area contributed by atoms with Gasteiger partial charge in [0.15, 0.2) is 0 Å². The van der Waals surface area contributed by atoms with Crippen molar-refractivity contribution in [2.75, 3.05) is 14.2 Å². The normalized spacial score (nSPS) is 11.6. The van der Waals surface area contributed by atoms with Crippen molar-refractivity contribution in [3.8, 4) is 11.5 Å². The first-order chi connectivity index (χ1) is 19.4. The maximum absolute atomic E-state index is 10.8. The molecule has 0 heterocycles. The molecule has 0 aliphatic rings. The average molecular weight is 573 g/mol. The monoisotopic (exact) mass is 572 g/mol. The molecule has 0 unspecified atom stereocenters. The van der Waals surface area contributed by atoms with Gasteiger partial charge in [-0.05, 0) is 0 Å². The van der Waals surface area contributed by atoms with Gasteiger partial charge in [0, 0.05) is 18.2 Å². The summed E-state index contributed by atoms with van der Waals surface area (Å²) < 4.78 is 40.1. The first kappa shape index (κ1) is 29.0. The molecule has 0 spiro atoms. The Balaban J connectivity index is 0.000000224. The summed E-state index contributed by atoms with van der Waals surface area (Å²) in [7, 11) is -3.61. The van der Waals surface area contributed by atoms with Crippen molar-refractivity contribution >= 4 is 33.3 Å². The number of rotatable bonds is 8. The molecule has 0 atom stereocenters. The van der Waals surface area contributed by atoms with Crippen molar-refractivity contribution in [1.29, 1.82) is 0 Å². The van der Waals surface area contributed by atoms with E-state index in [0.717, 1.165) is 6.16 Å². The first-order valence-corrected chi connectivity index (χ1v) is 16.4. The second-order valence-corrected chi connectivity index (χ2v) is 14.5. The summed E-state index contributed by atoms with van der Waals surface area (Å²) in [5.41, 5.74) is 1.40. The summed E-state index contributed by atoms with van der Waals surface area (Å²) in [5.74, 6) is 0.606. The van der Waals surface area contributed by atoms with Gasteiger partial charge in [0.05, 0.1) is 14.2 Å². The zero-order valence-electron chi connectivity index (χ0n) is 22.5. The van der Waals surface area contributed by atoms with Crippen LogP contribution in [0.25, 0.3) is 0 Å². The standard InChI is InChI=1S/C25H23P.C8H10O5S/c1-5-13-22(14-6-1)21-26(23-15-7-2-8-16-23,24-17-9-3-10-18-24)25-19-11-4-12-20-25;1-12-6-3-7(13-2)5-8(4-6)14(9,10)11/h1-20,26H,21H2;3-5H,1-2H3,(H,9,10,11). The topological polar surface area (TPSA) is 72.8 Å². The molecule has 0 amide bonds. The van der Waals surface area contributed by atoms with Crippen LogP contribution in [0.15, 0.2) is 144 Å². The zero-order valence-corrected chi connectivity index (χ0v) is 24.3. The Morgan fingerprint density at radius 1 is 0.575 bits per heavy atom. The molecule has 5 nitrogen and oxygen atoms in total. The molecule has 0 bridgehead atoms. The van der Waals surface area contributed by atoms with E-state index in [4.69, 9.17) is 14.0 Å². The second kappa shape index (κ2) is 13.4. The molecule has 5 aromatic rings. The van der Waals surface area contributed by atoms with Crippen molar-refractivity contribution in [2.45, 2.75) is 11.1 Å². The number of methoxy groups -OCH3 is 2. The fourth-order valence-electron chi connectivity index (χ4n) is 4.81. The Morgan fingerprint density at radius 2 is 0.925 bits per heavy atom. The molecule has 206 valence electrons. The maximum atomic E-state index is 10.8. The molecular weight excluding hydrogens is 539 g/mol. The van der Waals surface area contributed by atoms with Crippen LogP contribution in [-0.2, 0) is 16.3 Å². The summed E-state index contributed by atoms with van der Waals surface area (Å²) in [6.45, 7) is 0. The molecule has 1 N–H and O–H groups in total. The van der Waals surface area contributed by atoms with Gasteiger partial charge in [-0.2, -0.15) is 8.42 Å². The molecule has 0 aliphatic heterocycles. The van der Waals surface area contributed by atoms with E-state index >= 15 is 0 Å². The summed E-state index contributed by atoms with van der Waals surface area (Å²) in [4.78, 5) is -0.256. The van der Waals surface area contributed by atoms with Crippen molar-refractivity contribution in [2.24, 2.45) is 0 Å². The number of hydrogen-bond acceptors (Lipinski definition) is 4. The molecule has 0 saturated heterocycles. The van der Waals surface area contributed by atoms with Gasteiger partial charge >= 0.3 is 156 Å². The van der Waals surface area contributed by atoms with Gasteiger partial charge in [-0.15, -0.1) is 0 Å². The third-order valence-corrected chi connectivity index (χ3v) is 12.5. The van der Waals surface area contributed by atoms with Crippen LogP contribution < -0.4 is 25.4 Å². The SMILES string of the molecule is COc1cc(OC)cc(S(=O)(=O)O)c1.c1ccc(C[PH](c2ccccc2)(c2ccccc2)c2ccccc2)cc1. The fraction of sp³-hybridized carbons (Fsp3) is 0.0909. The Kier molecular flexibility index (Phi) is 9.73. The van der Waals surface area contributed by atoms with E-state index < -0.39 is 17.4 Å². The van der Waals surface area contributed by atoms with Crippen LogP contribution >= 0.6 is 7.26 Å². The molecule has 7 heteroatoms. The van der Waals surface area contributed by atoms with E-state index in [2.05, 4.69) is 121 Å². The predicted molar refractivity (Wildman–Crippen MR) is 166 cm³/mol. The van der Waals surface area contributed by atoms with Gasteiger partial charge in [-0.3, -0.25) is 4.55 Å². The minimum atomic E-state index is -4.23. The third-order valence-electron chi connectivity index (χ3n) is 6.73. The number of benzene rings is 5. The number of ether oxygens (including phenoxy) is 2.